The summed E-state index contributed by atoms with van der Waals surface area (Å²) in [6, 6.07) is 0. The second-order valence-corrected chi connectivity index (χ2v) is 2.17. The van der Waals surface area contributed by atoms with Crippen molar-refractivity contribution < 1.29 is 24.1 Å². The first-order chi connectivity index (χ1) is 6.20. The summed E-state index contributed by atoms with van der Waals surface area (Å²) in [7, 11) is 2.99. The van der Waals surface area contributed by atoms with Crippen LogP contribution in [0.4, 0.5) is 0 Å². The maximum Gasteiger partial charge on any atom is 0.328 e. The molecule has 5 heteroatoms. The maximum atomic E-state index is 10.1. The first-order valence-corrected chi connectivity index (χ1v) is 3.75. The Morgan fingerprint density at radius 3 is 2.62 bits per heavy atom. The lowest BCUT2D eigenvalue weighted by molar-refractivity contribution is -0.132. The molecule has 0 aromatic carbocycles. The molecule has 1 atom stereocenters. The van der Waals surface area contributed by atoms with E-state index in [1.807, 2.05) is 0 Å². The lowest BCUT2D eigenvalue weighted by Crippen LogP contribution is -2.15. The van der Waals surface area contributed by atoms with Gasteiger partial charge in [0.25, 0.3) is 0 Å². The van der Waals surface area contributed by atoms with Crippen LogP contribution in [-0.4, -0.2) is 44.8 Å². The van der Waals surface area contributed by atoms with Gasteiger partial charge in [-0.15, -0.1) is 0 Å². The molecule has 0 saturated carbocycles. The van der Waals surface area contributed by atoms with Gasteiger partial charge in [0.05, 0.1) is 13.2 Å². The predicted molar refractivity (Wildman–Crippen MR) is 45.4 cm³/mol. The molecule has 1 N–H and O–H groups in total. The van der Waals surface area contributed by atoms with Crippen molar-refractivity contribution in [2.24, 2.45) is 0 Å². The summed E-state index contributed by atoms with van der Waals surface area (Å²) in [5.41, 5.74) is 0. The normalized spacial score (nSPS) is 13.4. The third-order valence-electron chi connectivity index (χ3n) is 1.20. The van der Waals surface area contributed by atoms with E-state index in [2.05, 4.69) is 0 Å². The molecule has 0 radical (unpaired) electrons. The van der Waals surface area contributed by atoms with Crippen molar-refractivity contribution >= 4 is 5.97 Å². The SMILES string of the molecule is COCCOC(C=CC(=O)O)OC. The van der Waals surface area contributed by atoms with Crippen LogP contribution in [0.5, 0.6) is 0 Å². The van der Waals surface area contributed by atoms with Gasteiger partial charge in [0.15, 0.2) is 6.29 Å². The van der Waals surface area contributed by atoms with E-state index in [1.54, 1.807) is 7.11 Å². The first-order valence-electron chi connectivity index (χ1n) is 3.75. The van der Waals surface area contributed by atoms with Crippen molar-refractivity contribution in [2.45, 2.75) is 6.29 Å². The zero-order chi connectivity index (χ0) is 10.1. The van der Waals surface area contributed by atoms with Crippen LogP contribution in [0.25, 0.3) is 0 Å². The van der Waals surface area contributed by atoms with Gasteiger partial charge < -0.3 is 19.3 Å². The molecule has 0 spiro atoms. The summed E-state index contributed by atoms with van der Waals surface area (Å²) in [6.07, 6.45) is 1.66. The Morgan fingerprint density at radius 2 is 2.15 bits per heavy atom. The molecule has 0 saturated heterocycles. The zero-order valence-electron chi connectivity index (χ0n) is 7.73. The van der Waals surface area contributed by atoms with E-state index in [4.69, 9.17) is 19.3 Å². The molecule has 0 aliphatic heterocycles. The van der Waals surface area contributed by atoms with Crippen LogP contribution in [0.15, 0.2) is 12.2 Å². The van der Waals surface area contributed by atoms with Crippen LogP contribution >= 0.6 is 0 Å². The molecule has 0 aliphatic rings. The van der Waals surface area contributed by atoms with E-state index in [0.717, 1.165) is 6.08 Å². The number of carbonyl (C=O) groups is 1. The molecule has 5 nitrogen and oxygen atoms in total. The number of ether oxygens (including phenoxy) is 3. The summed E-state index contributed by atoms with van der Waals surface area (Å²) in [6.45, 7) is 0.805. The largest absolute Gasteiger partial charge is 0.478 e. The van der Waals surface area contributed by atoms with Crippen LogP contribution in [-0.2, 0) is 19.0 Å². The van der Waals surface area contributed by atoms with Gasteiger partial charge in [0.1, 0.15) is 0 Å². The van der Waals surface area contributed by atoms with E-state index in [1.165, 1.54) is 13.2 Å². The number of hydrogen-bond donors (Lipinski definition) is 1. The molecule has 0 fully saturated rings. The molecule has 1 unspecified atom stereocenters. The minimum atomic E-state index is -1.03. The van der Waals surface area contributed by atoms with E-state index in [0.29, 0.717) is 13.2 Å². The van der Waals surface area contributed by atoms with Gasteiger partial charge >= 0.3 is 5.97 Å². The number of carboxylic acid groups (broad SMARTS) is 1. The van der Waals surface area contributed by atoms with E-state index in [-0.39, 0.29) is 0 Å². The monoisotopic (exact) mass is 190 g/mol. The van der Waals surface area contributed by atoms with Gasteiger partial charge in [0.2, 0.25) is 0 Å². The Kier molecular flexibility index (Phi) is 7.18. The third kappa shape index (κ3) is 7.45. The minimum absolute atomic E-state index is 0.360. The van der Waals surface area contributed by atoms with Crippen molar-refractivity contribution in [1.82, 2.24) is 0 Å². The highest BCUT2D eigenvalue weighted by Gasteiger charge is 2.02. The molecular formula is C8H14O5. The third-order valence-corrected chi connectivity index (χ3v) is 1.20. The molecule has 0 rings (SSSR count). The smallest absolute Gasteiger partial charge is 0.328 e. The molecule has 0 aliphatic carbocycles. The standard InChI is InChI=1S/C8H14O5/c1-11-5-6-13-8(12-2)4-3-7(9)10/h3-4,8H,5-6H2,1-2H3,(H,9,10). The molecule has 0 amide bonds. The van der Waals surface area contributed by atoms with Crippen LogP contribution in [0.1, 0.15) is 0 Å². The van der Waals surface area contributed by atoms with Crippen molar-refractivity contribution in [2.75, 3.05) is 27.4 Å². The van der Waals surface area contributed by atoms with Crippen LogP contribution < -0.4 is 0 Å². The zero-order valence-corrected chi connectivity index (χ0v) is 7.73. The number of methoxy groups -OCH3 is 2. The van der Waals surface area contributed by atoms with E-state index < -0.39 is 12.3 Å². The molecule has 76 valence electrons. The summed E-state index contributed by atoms with van der Waals surface area (Å²) in [5.74, 6) is -1.03. The highest BCUT2D eigenvalue weighted by molar-refractivity contribution is 5.79. The van der Waals surface area contributed by atoms with Crippen LogP contribution in [0.2, 0.25) is 0 Å². The predicted octanol–water partition coefficient (Wildman–Crippen LogP) is 0.263. The molecule has 0 bridgehead atoms. The van der Waals surface area contributed by atoms with Crippen molar-refractivity contribution in [1.29, 1.82) is 0 Å². The number of rotatable bonds is 7. The van der Waals surface area contributed by atoms with Crippen LogP contribution in [0, 0.1) is 0 Å². The molecule has 0 aromatic heterocycles. The van der Waals surface area contributed by atoms with Crippen molar-refractivity contribution in [3.8, 4) is 0 Å². The fourth-order valence-electron chi connectivity index (χ4n) is 0.611. The van der Waals surface area contributed by atoms with Gasteiger partial charge in [0, 0.05) is 20.3 Å². The quantitative estimate of drug-likeness (QED) is 0.354. The number of carboxylic acids is 1. The summed E-state index contributed by atoms with van der Waals surface area (Å²) in [5, 5.41) is 8.31. The van der Waals surface area contributed by atoms with Crippen molar-refractivity contribution in [3.05, 3.63) is 12.2 Å². The second-order valence-electron chi connectivity index (χ2n) is 2.17. The molecular weight excluding hydrogens is 176 g/mol. The fraction of sp³-hybridized carbons (Fsp3) is 0.625. The summed E-state index contributed by atoms with van der Waals surface area (Å²) in [4.78, 5) is 10.1. The molecule has 13 heavy (non-hydrogen) atoms. The number of hydrogen-bond acceptors (Lipinski definition) is 4. The fourth-order valence-corrected chi connectivity index (χ4v) is 0.611. The summed E-state index contributed by atoms with van der Waals surface area (Å²) < 4.78 is 14.6. The number of aliphatic carboxylic acids is 1. The Bertz CT molecular complexity index is 166. The minimum Gasteiger partial charge on any atom is -0.478 e. The topological polar surface area (TPSA) is 65.0 Å². The second kappa shape index (κ2) is 7.72. The van der Waals surface area contributed by atoms with Gasteiger partial charge in [-0.2, -0.15) is 0 Å². The van der Waals surface area contributed by atoms with E-state index in [9.17, 15) is 4.79 Å². The molecule has 0 heterocycles. The Balaban J connectivity index is 3.69. The average molecular weight is 190 g/mol. The van der Waals surface area contributed by atoms with E-state index >= 15 is 0 Å². The van der Waals surface area contributed by atoms with Crippen molar-refractivity contribution in [3.63, 3.8) is 0 Å². The van der Waals surface area contributed by atoms with Gasteiger partial charge in [-0.1, -0.05) is 0 Å². The highest BCUT2D eigenvalue weighted by Crippen LogP contribution is 1.95. The lowest BCUT2D eigenvalue weighted by Gasteiger charge is -2.10. The summed E-state index contributed by atoms with van der Waals surface area (Å²) >= 11 is 0. The highest BCUT2D eigenvalue weighted by atomic mass is 16.7. The van der Waals surface area contributed by atoms with Gasteiger partial charge in [-0.3, -0.25) is 0 Å². The van der Waals surface area contributed by atoms with Crippen LogP contribution in [0.3, 0.4) is 0 Å². The molecule has 0 aromatic rings. The Labute approximate surface area is 76.9 Å². The van der Waals surface area contributed by atoms with Gasteiger partial charge in [-0.25, -0.2) is 4.79 Å². The average Bonchev–Trinajstić information content (AvgIpc) is 2.10. The Morgan fingerprint density at radius 1 is 1.46 bits per heavy atom. The van der Waals surface area contributed by atoms with Gasteiger partial charge in [-0.05, 0) is 6.08 Å². The maximum absolute atomic E-state index is 10.1. The lowest BCUT2D eigenvalue weighted by atomic mass is 10.5. The first kappa shape index (κ1) is 12.1. The Hall–Kier alpha value is -0.910.